The van der Waals surface area contributed by atoms with Gasteiger partial charge in [-0.1, -0.05) is 25.1 Å². The fourth-order valence-electron chi connectivity index (χ4n) is 1.51. The van der Waals surface area contributed by atoms with E-state index in [1.54, 1.807) is 0 Å². The van der Waals surface area contributed by atoms with E-state index in [-0.39, 0.29) is 5.41 Å². The van der Waals surface area contributed by atoms with Crippen molar-refractivity contribution in [1.29, 1.82) is 0 Å². The number of hydrogen-bond donors (Lipinski definition) is 1. The van der Waals surface area contributed by atoms with Crippen LogP contribution in [0, 0.1) is 5.41 Å². The van der Waals surface area contributed by atoms with Gasteiger partial charge in [-0.3, -0.25) is 0 Å². The van der Waals surface area contributed by atoms with Crippen molar-refractivity contribution in [3.63, 3.8) is 0 Å². The van der Waals surface area contributed by atoms with Gasteiger partial charge in [0.2, 0.25) is 0 Å². The van der Waals surface area contributed by atoms with Gasteiger partial charge in [0.25, 0.3) is 0 Å². The van der Waals surface area contributed by atoms with Crippen LogP contribution in [-0.4, -0.2) is 10.9 Å². The first kappa shape index (κ1) is 8.31. The highest BCUT2D eigenvalue weighted by Gasteiger charge is 2.22. The van der Waals surface area contributed by atoms with Gasteiger partial charge in [0.15, 0.2) is 0 Å². The molecule has 0 atom stereocenters. The third-order valence-electron chi connectivity index (χ3n) is 2.19. The number of rotatable bonds is 0. The van der Waals surface area contributed by atoms with E-state index in [0.29, 0.717) is 0 Å². The molecule has 1 N–H and O–H groups in total. The van der Waals surface area contributed by atoms with Gasteiger partial charge in [0, 0.05) is 0 Å². The normalized spacial score (nSPS) is 26.8. The maximum Gasteiger partial charge on any atom is 0.0822 e. The van der Waals surface area contributed by atoms with Crippen LogP contribution in [0.3, 0.4) is 0 Å². The van der Waals surface area contributed by atoms with Gasteiger partial charge in [0.05, 0.1) is 5.71 Å². The summed E-state index contributed by atoms with van der Waals surface area (Å²) >= 11 is 0. The summed E-state index contributed by atoms with van der Waals surface area (Å²) in [5.74, 6) is 0. The number of oxime groups is 1. The minimum Gasteiger partial charge on any atom is -0.411 e. The SMILES string of the molecule is CC1=CC(C)(C)CCC1=NO. The molecule has 62 valence electrons. The molecule has 0 aliphatic heterocycles. The van der Waals surface area contributed by atoms with Crippen LogP contribution >= 0.6 is 0 Å². The molecule has 0 heterocycles. The molecule has 1 aliphatic carbocycles. The van der Waals surface area contributed by atoms with E-state index in [2.05, 4.69) is 25.1 Å². The Bertz CT molecular complexity index is 214. The molecule has 0 aromatic carbocycles. The topological polar surface area (TPSA) is 32.6 Å². The second kappa shape index (κ2) is 2.68. The first-order chi connectivity index (χ1) is 5.05. The predicted molar refractivity (Wildman–Crippen MR) is 46.0 cm³/mol. The lowest BCUT2D eigenvalue weighted by molar-refractivity contribution is 0.315. The van der Waals surface area contributed by atoms with E-state index in [1.807, 2.05) is 6.92 Å². The van der Waals surface area contributed by atoms with Crippen LogP contribution in [0.4, 0.5) is 0 Å². The van der Waals surface area contributed by atoms with E-state index >= 15 is 0 Å². The Hall–Kier alpha value is -0.790. The van der Waals surface area contributed by atoms with E-state index in [9.17, 15) is 0 Å². The Morgan fingerprint density at radius 1 is 1.55 bits per heavy atom. The fraction of sp³-hybridized carbons (Fsp3) is 0.667. The largest absolute Gasteiger partial charge is 0.411 e. The Morgan fingerprint density at radius 2 is 2.18 bits per heavy atom. The first-order valence-electron chi connectivity index (χ1n) is 3.96. The van der Waals surface area contributed by atoms with Crippen LogP contribution in [0.2, 0.25) is 0 Å². The first-order valence-corrected chi connectivity index (χ1v) is 3.96. The molecule has 0 aromatic rings. The van der Waals surface area contributed by atoms with Gasteiger partial charge in [-0.05, 0) is 30.8 Å². The molecule has 0 saturated heterocycles. The van der Waals surface area contributed by atoms with E-state index in [0.717, 1.165) is 24.1 Å². The molecular weight excluding hydrogens is 138 g/mol. The lowest BCUT2D eigenvalue weighted by Gasteiger charge is -2.26. The highest BCUT2D eigenvalue weighted by Crippen LogP contribution is 2.31. The molecule has 1 aliphatic rings. The highest BCUT2D eigenvalue weighted by molar-refractivity contribution is 6.00. The second-order valence-corrected chi connectivity index (χ2v) is 3.86. The van der Waals surface area contributed by atoms with Crippen molar-refractivity contribution in [2.75, 3.05) is 0 Å². The van der Waals surface area contributed by atoms with E-state index < -0.39 is 0 Å². The molecule has 11 heavy (non-hydrogen) atoms. The van der Waals surface area contributed by atoms with Crippen molar-refractivity contribution < 1.29 is 5.21 Å². The highest BCUT2D eigenvalue weighted by atomic mass is 16.4. The van der Waals surface area contributed by atoms with Crippen LogP contribution in [0.1, 0.15) is 33.6 Å². The van der Waals surface area contributed by atoms with Crippen molar-refractivity contribution in [1.82, 2.24) is 0 Å². The van der Waals surface area contributed by atoms with Crippen LogP contribution in [0.25, 0.3) is 0 Å². The van der Waals surface area contributed by atoms with Crippen LogP contribution in [-0.2, 0) is 0 Å². The summed E-state index contributed by atoms with van der Waals surface area (Å²) < 4.78 is 0. The molecule has 0 amide bonds. The zero-order valence-corrected chi connectivity index (χ0v) is 7.39. The summed E-state index contributed by atoms with van der Waals surface area (Å²) in [5, 5.41) is 11.8. The lowest BCUT2D eigenvalue weighted by atomic mass is 9.79. The molecular formula is C9H15NO. The van der Waals surface area contributed by atoms with Crippen LogP contribution in [0.15, 0.2) is 16.8 Å². The lowest BCUT2D eigenvalue weighted by Crippen LogP contribution is -2.18. The minimum atomic E-state index is 0.276. The quantitative estimate of drug-likeness (QED) is 0.421. The number of allylic oxidation sites excluding steroid dienone is 2. The van der Waals surface area contributed by atoms with Gasteiger partial charge in [-0.15, -0.1) is 0 Å². The third-order valence-corrected chi connectivity index (χ3v) is 2.19. The molecule has 0 radical (unpaired) electrons. The van der Waals surface area contributed by atoms with Gasteiger partial charge in [0.1, 0.15) is 0 Å². The van der Waals surface area contributed by atoms with Crippen molar-refractivity contribution in [3.8, 4) is 0 Å². The number of hydrogen-bond acceptors (Lipinski definition) is 2. The monoisotopic (exact) mass is 153 g/mol. The van der Waals surface area contributed by atoms with Crippen molar-refractivity contribution in [3.05, 3.63) is 11.6 Å². The van der Waals surface area contributed by atoms with Crippen LogP contribution < -0.4 is 0 Å². The summed E-state index contributed by atoms with van der Waals surface area (Å²) in [6.07, 6.45) is 4.14. The standard InChI is InChI=1S/C9H15NO/c1-7-6-9(2,3)5-4-8(7)10-11/h6,11H,4-5H2,1-3H3. The maximum absolute atomic E-state index is 8.58. The summed E-state index contributed by atoms with van der Waals surface area (Å²) in [7, 11) is 0. The molecule has 0 aromatic heterocycles. The van der Waals surface area contributed by atoms with E-state index in [1.165, 1.54) is 0 Å². The van der Waals surface area contributed by atoms with Gasteiger partial charge >= 0.3 is 0 Å². The fourth-order valence-corrected chi connectivity index (χ4v) is 1.51. The molecule has 0 bridgehead atoms. The van der Waals surface area contributed by atoms with Crippen molar-refractivity contribution in [2.24, 2.45) is 10.6 Å². The summed E-state index contributed by atoms with van der Waals surface area (Å²) in [4.78, 5) is 0. The predicted octanol–water partition coefficient (Wildman–Crippen LogP) is 2.58. The Morgan fingerprint density at radius 3 is 2.64 bits per heavy atom. The van der Waals surface area contributed by atoms with Gasteiger partial charge in [-0.25, -0.2) is 0 Å². The molecule has 0 fully saturated rings. The smallest absolute Gasteiger partial charge is 0.0822 e. The maximum atomic E-state index is 8.58. The number of nitrogens with zero attached hydrogens (tertiary/aromatic N) is 1. The third kappa shape index (κ3) is 1.82. The summed E-state index contributed by atoms with van der Waals surface area (Å²) in [6, 6.07) is 0. The Kier molecular flexibility index (Phi) is 2.03. The van der Waals surface area contributed by atoms with Crippen molar-refractivity contribution in [2.45, 2.75) is 33.6 Å². The Labute approximate surface area is 67.6 Å². The summed E-state index contributed by atoms with van der Waals surface area (Å²) in [6.45, 7) is 6.39. The van der Waals surface area contributed by atoms with E-state index in [4.69, 9.17) is 5.21 Å². The average Bonchev–Trinajstić information content (AvgIpc) is 1.86. The molecule has 0 saturated carbocycles. The molecule has 1 rings (SSSR count). The summed E-state index contributed by atoms with van der Waals surface area (Å²) in [5.41, 5.74) is 2.23. The molecule has 0 spiro atoms. The minimum absolute atomic E-state index is 0.276. The zero-order chi connectivity index (χ0) is 8.48. The average molecular weight is 153 g/mol. The van der Waals surface area contributed by atoms with Crippen molar-refractivity contribution >= 4 is 5.71 Å². The molecule has 0 unspecified atom stereocenters. The zero-order valence-electron chi connectivity index (χ0n) is 7.39. The van der Waals surface area contributed by atoms with Gasteiger partial charge in [-0.2, -0.15) is 0 Å². The Balaban J connectivity index is 2.89. The molecule has 2 heteroatoms. The van der Waals surface area contributed by atoms with Crippen LogP contribution in [0.5, 0.6) is 0 Å². The molecule has 2 nitrogen and oxygen atoms in total. The second-order valence-electron chi connectivity index (χ2n) is 3.86. The van der Waals surface area contributed by atoms with Gasteiger partial charge < -0.3 is 5.21 Å².